The monoisotopic (exact) mass is 357 g/mol. The van der Waals surface area contributed by atoms with E-state index in [9.17, 15) is 9.59 Å². The lowest BCUT2D eigenvalue weighted by Crippen LogP contribution is -2.29. The van der Waals surface area contributed by atoms with Crippen molar-refractivity contribution in [2.45, 2.75) is 20.3 Å². The van der Waals surface area contributed by atoms with Crippen LogP contribution < -0.4 is 5.32 Å². The van der Waals surface area contributed by atoms with Gasteiger partial charge in [-0.2, -0.15) is 5.10 Å². The molecule has 0 radical (unpaired) electrons. The summed E-state index contributed by atoms with van der Waals surface area (Å²) in [6.07, 6.45) is 0.839. The van der Waals surface area contributed by atoms with Crippen LogP contribution in [-0.2, 0) is 9.53 Å². The highest BCUT2D eigenvalue weighted by atomic mass is 32.1. The van der Waals surface area contributed by atoms with Crippen LogP contribution in [0.2, 0.25) is 0 Å². The van der Waals surface area contributed by atoms with Crippen molar-refractivity contribution in [2.24, 2.45) is 0 Å². The van der Waals surface area contributed by atoms with Crippen molar-refractivity contribution in [3.63, 3.8) is 0 Å². The highest BCUT2D eigenvalue weighted by molar-refractivity contribution is 7.20. The lowest BCUT2D eigenvalue weighted by molar-refractivity contribution is -0.124. The fourth-order valence-corrected chi connectivity index (χ4v) is 3.49. The Morgan fingerprint density at radius 2 is 2.04 bits per heavy atom. The molecule has 0 spiro atoms. The van der Waals surface area contributed by atoms with Crippen molar-refractivity contribution in [3.05, 3.63) is 47.0 Å². The molecule has 1 amide bonds. The van der Waals surface area contributed by atoms with Gasteiger partial charge in [0.25, 0.3) is 5.91 Å². The Bertz CT molecular complexity index is 899. The topological polar surface area (TPSA) is 73.2 Å². The van der Waals surface area contributed by atoms with Gasteiger partial charge >= 0.3 is 5.97 Å². The van der Waals surface area contributed by atoms with Crippen LogP contribution in [0.5, 0.6) is 0 Å². The molecule has 0 unspecified atom stereocenters. The molecule has 0 aliphatic carbocycles. The van der Waals surface area contributed by atoms with Crippen LogP contribution in [0, 0.1) is 6.92 Å². The number of thiophene rings is 1. The van der Waals surface area contributed by atoms with Gasteiger partial charge in [0.15, 0.2) is 6.61 Å². The highest BCUT2D eigenvalue weighted by Crippen LogP contribution is 2.30. The van der Waals surface area contributed by atoms with Gasteiger partial charge in [-0.3, -0.25) is 4.79 Å². The van der Waals surface area contributed by atoms with E-state index in [0.29, 0.717) is 11.4 Å². The van der Waals surface area contributed by atoms with E-state index in [0.717, 1.165) is 28.0 Å². The van der Waals surface area contributed by atoms with Crippen LogP contribution in [0.25, 0.3) is 15.9 Å². The Hall–Kier alpha value is -2.67. The Balaban J connectivity index is 1.80. The number of para-hydroxylation sites is 1. The lowest BCUT2D eigenvalue weighted by Gasteiger charge is -2.04. The maximum atomic E-state index is 12.2. The Morgan fingerprint density at radius 1 is 1.28 bits per heavy atom. The molecule has 0 aliphatic rings. The smallest absolute Gasteiger partial charge is 0.348 e. The molecule has 1 N–H and O–H groups in total. The van der Waals surface area contributed by atoms with Gasteiger partial charge in [0.1, 0.15) is 9.71 Å². The molecular formula is C18H19N3O3S. The normalized spacial score (nSPS) is 10.8. The van der Waals surface area contributed by atoms with Crippen molar-refractivity contribution in [1.82, 2.24) is 15.1 Å². The molecule has 0 fully saturated rings. The zero-order valence-electron chi connectivity index (χ0n) is 14.1. The van der Waals surface area contributed by atoms with E-state index in [1.54, 1.807) is 6.07 Å². The first-order valence-electron chi connectivity index (χ1n) is 8.08. The third-order valence-corrected chi connectivity index (χ3v) is 4.74. The van der Waals surface area contributed by atoms with Crippen molar-refractivity contribution in [2.75, 3.05) is 13.2 Å². The number of carbonyl (C=O) groups is 2. The second-order valence-corrected chi connectivity index (χ2v) is 6.62. The predicted octanol–water partition coefficient (Wildman–Crippen LogP) is 3.08. The summed E-state index contributed by atoms with van der Waals surface area (Å²) in [6.45, 7) is 4.17. The maximum absolute atomic E-state index is 12.2. The van der Waals surface area contributed by atoms with Crippen LogP contribution in [-0.4, -0.2) is 34.8 Å². The standard InChI is InChI=1S/C18H19N3O3S/c1-3-9-19-16(22)11-24-18(23)15-10-14-12(2)20-21(17(14)25-15)13-7-5-4-6-8-13/h4-8,10H,3,9,11H2,1-2H3,(H,19,22). The van der Waals surface area contributed by atoms with Crippen molar-refractivity contribution < 1.29 is 14.3 Å². The fraction of sp³-hybridized carbons (Fsp3) is 0.278. The molecular weight excluding hydrogens is 338 g/mol. The molecule has 0 bridgehead atoms. The largest absolute Gasteiger partial charge is 0.451 e. The lowest BCUT2D eigenvalue weighted by atomic mass is 10.3. The number of aryl methyl sites for hydroxylation is 1. The third kappa shape index (κ3) is 3.71. The number of hydrogen-bond acceptors (Lipinski definition) is 5. The average molecular weight is 357 g/mol. The summed E-state index contributed by atoms with van der Waals surface area (Å²) in [5, 5.41) is 8.13. The summed E-state index contributed by atoms with van der Waals surface area (Å²) in [5.41, 5.74) is 1.77. The number of hydrogen-bond donors (Lipinski definition) is 1. The fourth-order valence-electron chi connectivity index (χ4n) is 2.41. The van der Waals surface area contributed by atoms with Gasteiger partial charge < -0.3 is 10.1 Å². The first-order chi connectivity index (χ1) is 12.1. The average Bonchev–Trinajstić information content (AvgIpc) is 3.19. The Kier molecular flexibility index (Phi) is 5.14. The zero-order valence-corrected chi connectivity index (χ0v) is 14.9. The van der Waals surface area contributed by atoms with E-state index in [-0.39, 0.29) is 12.5 Å². The summed E-state index contributed by atoms with van der Waals surface area (Å²) < 4.78 is 6.92. The number of rotatable bonds is 6. The van der Waals surface area contributed by atoms with Gasteiger partial charge in [-0.25, -0.2) is 9.48 Å². The van der Waals surface area contributed by atoms with Crippen molar-refractivity contribution in [1.29, 1.82) is 0 Å². The molecule has 130 valence electrons. The first-order valence-corrected chi connectivity index (χ1v) is 8.90. The quantitative estimate of drug-likeness (QED) is 0.688. The minimum Gasteiger partial charge on any atom is -0.451 e. The number of amides is 1. The van der Waals surface area contributed by atoms with Crippen LogP contribution >= 0.6 is 11.3 Å². The summed E-state index contributed by atoms with van der Waals surface area (Å²) in [7, 11) is 0. The van der Waals surface area contributed by atoms with E-state index in [4.69, 9.17) is 4.74 Å². The molecule has 25 heavy (non-hydrogen) atoms. The number of benzene rings is 1. The zero-order chi connectivity index (χ0) is 17.8. The van der Waals surface area contributed by atoms with Gasteiger partial charge in [0, 0.05) is 11.9 Å². The SMILES string of the molecule is CCCNC(=O)COC(=O)c1cc2c(C)nn(-c3ccccc3)c2s1. The van der Waals surface area contributed by atoms with E-state index >= 15 is 0 Å². The minimum atomic E-state index is -0.494. The van der Waals surface area contributed by atoms with Crippen molar-refractivity contribution >= 4 is 33.4 Å². The highest BCUT2D eigenvalue weighted by Gasteiger charge is 2.18. The number of ether oxygens (including phenoxy) is 1. The Morgan fingerprint density at radius 3 is 2.76 bits per heavy atom. The van der Waals surface area contributed by atoms with Crippen LogP contribution in [0.1, 0.15) is 28.7 Å². The molecule has 7 heteroatoms. The molecule has 3 rings (SSSR count). The van der Waals surface area contributed by atoms with Gasteiger partial charge in [-0.15, -0.1) is 11.3 Å². The molecule has 6 nitrogen and oxygen atoms in total. The van der Waals surface area contributed by atoms with Gasteiger partial charge in [-0.1, -0.05) is 25.1 Å². The number of nitrogens with zero attached hydrogens (tertiary/aromatic N) is 2. The Labute approximate surface area is 149 Å². The minimum absolute atomic E-state index is 0.267. The summed E-state index contributed by atoms with van der Waals surface area (Å²) in [5.74, 6) is -0.783. The summed E-state index contributed by atoms with van der Waals surface area (Å²) in [6, 6.07) is 11.5. The van der Waals surface area contributed by atoms with Crippen molar-refractivity contribution in [3.8, 4) is 5.69 Å². The van der Waals surface area contributed by atoms with Crippen LogP contribution in [0.3, 0.4) is 0 Å². The van der Waals surface area contributed by atoms with E-state index in [1.807, 2.05) is 48.9 Å². The number of nitrogens with one attached hydrogen (secondary N) is 1. The molecule has 2 aromatic heterocycles. The van der Waals surface area contributed by atoms with Gasteiger partial charge in [0.05, 0.1) is 11.4 Å². The molecule has 0 saturated carbocycles. The van der Waals surface area contributed by atoms with Crippen LogP contribution in [0.4, 0.5) is 0 Å². The molecule has 2 heterocycles. The maximum Gasteiger partial charge on any atom is 0.348 e. The molecule has 1 aromatic carbocycles. The van der Waals surface area contributed by atoms with Crippen LogP contribution in [0.15, 0.2) is 36.4 Å². The number of esters is 1. The van der Waals surface area contributed by atoms with Gasteiger partial charge in [0.2, 0.25) is 0 Å². The van der Waals surface area contributed by atoms with E-state index in [1.165, 1.54) is 11.3 Å². The van der Waals surface area contributed by atoms with E-state index < -0.39 is 5.97 Å². The van der Waals surface area contributed by atoms with Gasteiger partial charge in [-0.05, 0) is 31.5 Å². The molecule has 3 aromatic rings. The first kappa shape index (κ1) is 17.2. The number of fused-ring (bicyclic) bond motifs is 1. The summed E-state index contributed by atoms with van der Waals surface area (Å²) in [4.78, 5) is 25.1. The molecule has 0 aliphatic heterocycles. The number of carbonyl (C=O) groups excluding carboxylic acids is 2. The third-order valence-electron chi connectivity index (χ3n) is 3.65. The molecule has 0 atom stereocenters. The predicted molar refractivity (Wildman–Crippen MR) is 97.3 cm³/mol. The number of aromatic nitrogens is 2. The summed E-state index contributed by atoms with van der Waals surface area (Å²) >= 11 is 1.31. The second kappa shape index (κ2) is 7.48. The second-order valence-electron chi connectivity index (χ2n) is 5.59. The van der Waals surface area contributed by atoms with E-state index in [2.05, 4.69) is 10.4 Å². The molecule has 0 saturated heterocycles.